The molecule has 3 aromatic carbocycles. The van der Waals surface area contributed by atoms with E-state index < -0.39 is 0 Å². The van der Waals surface area contributed by atoms with E-state index in [0.717, 1.165) is 11.1 Å². The average molecular weight is 529 g/mol. The first-order valence-corrected chi connectivity index (χ1v) is 10.9. The number of amides is 2. The number of nitrogens with two attached hydrogens (primary N) is 2. The van der Waals surface area contributed by atoms with Gasteiger partial charge in [-0.1, -0.05) is 0 Å². The molecule has 0 spiro atoms. The van der Waals surface area contributed by atoms with E-state index in [-0.39, 0.29) is 36.6 Å². The van der Waals surface area contributed by atoms with E-state index in [1.165, 1.54) is 0 Å². The van der Waals surface area contributed by atoms with Crippen LogP contribution in [-0.2, 0) is 0 Å². The number of halogens is 2. The predicted molar refractivity (Wildman–Crippen MR) is 152 cm³/mol. The Kier molecular flexibility index (Phi) is 12.1. The topological polar surface area (TPSA) is 135 Å². The van der Waals surface area contributed by atoms with Gasteiger partial charge in [-0.05, 0) is 86.6 Å². The van der Waals surface area contributed by atoms with Crippen molar-refractivity contribution in [1.29, 1.82) is 0 Å². The number of hydrogen-bond donors (Lipinski definition) is 4. The second-order valence-electron chi connectivity index (χ2n) is 7.36. The van der Waals surface area contributed by atoms with Gasteiger partial charge in [0.15, 0.2) is 0 Å². The van der Waals surface area contributed by atoms with Gasteiger partial charge in [0.2, 0.25) is 0 Å². The van der Waals surface area contributed by atoms with Crippen LogP contribution < -0.4 is 22.1 Å². The molecule has 3 rings (SSSR count). The molecular formula is C26H30Cl2N6O2. The number of benzene rings is 3. The average Bonchev–Trinajstić information content (AvgIpc) is 2.85. The molecule has 36 heavy (non-hydrogen) atoms. The molecule has 0 aliphatic heterocycles. The van der Waals surface area contributed by atoms with Gasteiger partial charge in [-0.25, -0.2) is 0 Å². The lowest BCUT2D eigenvalue weighted by atomic mass is 10.1. The third kappa shape index (κ3) is 8.11. The Labute approximate surface area is 223 Å². The number of amidine groups is 2. The van der Waals surface area contributed by atoms with E-state index >= 15 is 0 Å². The first-order chi connectivity index (χ1) is 16.4. The highest BCUT2D eigenvalue weighted by Crippen LogP contribution is 2.14. The first-order valence-electron chi connectivity index (χ1n) is 10.9. The fraction of sp³-hybridized carbons (Fsp3) is 0.154. The SMILES string of the molecule is CCN=C(N)c1ccc(NC(=O)c2ccc(C(=O)Nc3ccc(C(N)=NCC)cc3)cc2)cc1.Cl.Cl. The molecule has 0 unspecified atom stereocenters. The highest BCUT2D eigenvalue weighted by Gasteiger charge is 2.10. The monoisotopic (exact) mass is 528 g/mol. The predicted octanol–water partition coefficient (Wildman–Crippen LogP) is 4.49. The van der Waals surface area contributed by atoms with Crippen molar-refractivity contribution in [2.45, 2.75) is 13.8 Å². The molecule has 6 N–H and O–H groups in total. The molecule has 0 radical (unpaired) electrons. The van der Waals surface area contributed by atoms with Crippen LogP contribution in [0.25, 0.3) is 0 Å². The summed E-state index contributed by atoms with van der Waals surface area (Å²) in [5, 5.41) is 5.66. The van der Waals surface area contributed by atoms with Crippen molar-refractivity contribution in [3.05, 3.63) is 95.1 Å². The molecule has 10 heteroatoms. The van der Waals surface area contributed by atoms with E-state index in [0.29, 0.717) is 47.3 Å². The number of aliphatic imine (C=N–C) groups is 2. The van der Waals surface area contributed by atoms with Gasteiger partial charge in [0.05, 0.1) is 0 Å². The standard InChI is InChI=1S/C26H28N6O2.2ClH/c1-3-29-23(27)17-9-13-21(14-10-17)31-25(33)19-5-7-20(8-6-19)26(34)32-22-15-11-18(12-16-22)24(28)30-4-2;;/h5-16H,3-4H2,1-2H3,(H2,27,29)(H2,28,30)(H,31,33)(H,32,34);2*1H. The fourth-order valence-electron chi connectivity index (χ4n) is 3.15. The quantitative estimate of drug-likeness (QED) is 0.253. The Morgan fingerprint density at radius 3 is 1.14 bits per heavy atom. The second kappa shape index (κ2) is 14.5. The molecule has 3 aromatic rings. The lowest BCUT2D eigenvalue weighted by molar-refractivity contribution is 0.101. The van der Waals surface area contributed by atoms with Crippen molar-refractivity contribution in [3.8, 4) is 0 Å². The minimum Gasteiger partial charge on any atom is -0.384 e. The molecule has 0 saturated carbocycles. The van der Waals surface area contributed by atoms with Gasteiger partial charge in [-0.3, -0.25) is 19.6 Å². The smallest absolute Gasteiger partial charge is 0.255 e. The molecule has 190 valence electrons. The summed E-state index contributed by atoms with van der Waals surface area (Å²) >= 11 is 0. The maximum atomic E-state index is 12.6. The minimum absolute atomic E-state index is 0. The highest BCUT2D eigenvalue weighted by molar-refractivity contribution is 6.07. The summed E-state index contributed by atoms with van der Waals surface area (Å²) in [5.74, 6) is 0.355. The summed E-state index contributed by atoms with van der Waals surface area (Å²) in [7, 11) is 0. The van der Waals surface area contributed by atoms with Crippen LogP contribution in [-0.4, -0.2) is 36.6 Å². The van der Waals surface area contributed by atoms with Gasteiger partial charge in [0.1, 0.15) is 11.7 Å². The molecule has 0 aliphatic carbocycles. The summed E-state index contributed by atoms with van der Waals surface area (Å²) in [5.41, 5.74) is 15.5. The van der Waals surface area contributed by atoms with E-state index in [1.807, 2.05) is 13.8 Å². The maximum Gasteiger partial charge on any atom is 0.255 e. The molecule has 0 atom stereocenters. The van der Waals surface area contributed by atoms with Crippen LogP contribution in [0, 0.1) is 0 Å². The first kappa shape index (κ1) is 30.2. The minimum atomic E-state index is -0.281. The fourth-order valence-corrected chi connectivity index (χ4v) is 3.15. The van der Waals surface area contributed by atoms with Gasteiger partial charge in [0, 0.05) is 46.7 Å². The lowest BCUT2D eigenvalue weighted by Crippen LogP contribution is -2.16. The molecule has 0 aliphatic rings. The van der Waals surface area contributed by atoms with Crippen LogP contribution in [0.15, 0.2) is 82.8 Å². The van der Waals surface area contributed by atoms with Gasteiger partial charge < -0.3 is 22.1 Å². The van der Waals surface area contributed by atoms with Crippen molar-refractivity contribution < 1.29 is 9.59 Å². The van der Waals surface area contributed by atoms with E-state index in [9.17, 15) is 9.59 Å². The Balaban J connectivity index is 0.00000324. The van der Waals surface area contributed by atoms with Gasteiger partial charge in [0.25, 0.3) is 11.8 Å². The van der Waals surface area contributed by atoms with Crippen LogP contribution >= 0.6 is 24.8 Å². The van der Waals surface area contributed by atoms with Gasteiger partial charge in [-0.2, -0.15) is 0 Å². The third-order valence-corrected chi connectivity index (χ3v) is 4.94. The number of nitrogens with zero attached hydrogens (tertiary/aromatic N) is 2. The van der Waals surface area contributed by atoms with Crippen LogP contribution in [0.1, 0.15) is 45.7 Å². The largest absolute Gasteiger partial charge is 0.384 e. The molecule has 0 bridgehead atoms. The zero-order valence-corrected chi connectivity index (χ0v) is 21.7. The zero-order valence-electron chi connectivity index (χ0n) is 20.0. The third-order valence-electron chi connectivity index (χ3n) is 4.94. The number of nitrogens with one attached hydrogen (secondary N) is 2. The molecule has 0 saturated heterocycles. The number of anilines is 2. The van der Waals surface area contributed by atoms with Crippen molar-refractivity contribution in [2.24, 2.45) is 21.5 Å². The number of carbonyl (C=O) groups excluding carboxylic acids is 2. The molecule has 0 aromatic heterocycles. The van der Waals surface area contributed by atoms with Crippen LogP contribution in [0.4, 0.5) is 11.4 Å². The molecular weight excluding hydrogens is 499 g/mol. The lowest BCUT2D eigenvalue weighted by Gasteiger charge is -2.09. The van der Waals surface area contributed by atoms with Gasteiger partial charge >= 0.3 is 0 Å². The Morgan fingerprint density at radius 2 is 0.861 bits per heavy atom. The van der Waals surface area contributed by atoms with Crippen molar-refractivity contribution >= 4 is 59.7 Å². The van der Waals surface area contributed by atoms with Crippen LogP contribution in [0.2, 0.25) is 0 Å². The van der Waals surface area contributed by atoms with E-state index in [4.69, 9.17) is 11.5 Å². The number of carbonyl (C=O) groups is 2. The number of rotatable bonds is 8. The summed E-state index contributed by atoms with van der Waals surface area (Å²) in [6, 6.07) is 20.7. The normalized spacial score (nSPS) is 11.1. The second-order valence-corrected chi connectivity index (χ2v) is 7.36. The zero-order chi connectivity index (χ0) is 24.5. The summed E-state index contributed by atoms with van der Waals surface area (Å²) < 4.78 is 0. The molecule has 0 heterocycles. The van der Waals surface area contributed by atoms with E-state index in [2.05, 4.69) is 20.6 Å². The van der Waals surface area contributed by atoms with Crippen LogP contribution in [0.3, 0.4) is 0 Å². The number of hydrogen-bond acceptors (Lipinski definition) is 4. The van der Waals surface area contributed by atoms with E-state index in [1.54, 1.807) is 72.8 Å². The highest BCUT2D eigenvalue weighted by atomic mass is 35.5. The summed E-state index contributed by atoms with van der Waals surface area (Å²) in [6.45, 7) is 5.03. The Morgan fingerprint density at radius 1 is 0.583 bits per heavy atom. The molecule has 0 fully saturated rings. The summed E-state index contributed by atoms with van der Waals surface area (Å²) in [4.78, 5) is 33.4. The summed E-state index contributed by atoms with van der Waals surface area (Å²) in [6.07, 6.45) is 0. The Hall–Kier alpha value is -3.88. The molecule has 8 nitrogen and oxygen atoms in total. The van der Waals surface area contributed by atoms with Crippen molar-refractivity contribution in [2.75, 3.05) is 23.7 Å². The Bertz CT molecular complexity index is 1110. The maximum absolute atomic E-state index is 12.6. The van der Waals surface area contributed by atoms with Crippen molar-refractivity contribution in [3.63, 3.8) is 0 Å². The van der Waals surface area contributed by atoms with Crippen molar-refractivity contribution in [1.82, 2.24) is 0 Å². The molecule has 2 amide bonds. The van der Waals surface area contributed by atoms with Crippen LogP contribution in [0.5, 0.6) is 0 Å². The van der Waals surface area contributed by atoms with Gasteiger partial charge in [-0.15, -0.1) is 24.8 Å².